The predicted molar refractivity (Wildman–Crippen MR) is 233 cm³/mol. The maximum Gasteiger partial charge on any atom is 0.164 e. The molecule has 11 aromatic rings. The Labute approximate surface area is 327 Å². The van der Waals surface area contributed by atoms with Crippen LogP contribution in [0.2, 0.25) is 0 Å². The molecular formula is C51H31N3OS. The zero-order valence-electron chi connectivity index (χ0n) is 30.1. The number of aromatic nitrogens is 3. The van der Waals surface area contributed by atoms with Gasteiger partial charge in [-0.2, -0.15) is 0 Å². The molecule has 0 atom stereocenters. The number of benzene rings is 8. The molecule has 3 heterocycles. The van der Waals surface area contributed by atoms with Gasteiger partial charge in [0.2, 0.25) is 0 Å². The molecule has 0 aliphatic carbocycles. The lowest BCUT2D eigenvalue weighted by atomic mass is 9.99. The summed E-state index contributed by atoms with van der Waals surface area (Å²) in [5.74, 6) is 1.84. The molecule has 0 unspecified atom stereocenters. The van der Waals surface area contributed by atoms with Crippen molar-refractivity contribution in [3.63, 3.8) is 0 Å². The first kappa shape index (κ1) is 32.2. The SMILES string of the molecule is c1ccc(-c2ccc(-c3nc(-c4ccccc4)nc(-c4ccc5c(c4)oc4ccc(-c6ccc7sc8cc(-c9ccccc9)ccc8c7c6)cc45)n3)cc2)cc1. The molecule has 11 rings (SSSR count). The van der Waals surface area contributed by atoms with E-state index < -0.39 is 0 Å². The van der Waals surface area contributed by atoms with Crippen molar-refractivity contribution in [3.05, 3.63) is 188 Å². The molecule has 262 valence electrons. The van der Waals surface area contributed by atoms with Crippen LogP contribution in [0.25, 0.3) is 110 Å². The summed E-state index contributed by atoms with van der Waals surface area (Å²) in [6, 6.07) is 65.8. The van der Waals surface area contributed by atoms with Crippen LogP contribution >= 0.6 is 11.3 Å². The maximum atomic E-state index is 6.48. The van der Waals surface area contributed by atoms with Crippen molar-refractivity contribution in [2.24, 2.45) is 0 Å². The van der Waals surface area contributed by atoms with E-state index >= 15 is 0 Å². The number of nitrogens with zero attached hydrogens (tertiary/aromatic N) is 3. The molecule has 3 aromatic heterocycles. The monoisotopic (exact) mass is 733 g/mol. The van der Waals surface area contributed by atoms with Crippen molar-refractivity contribution in [2.75, 3.05) is 0 Å². The average Bonchev–Trinajstić information content (AvgIpc) is 3.84. The summed E-state index contributed by atoms with van der Waals surface area (Å²) in [5, 5.41) is 4.69. The topological polar surface area (TPSA) is 51.8 Å². The van der Waals surface area contributed by atoms with Gasteiger partial charge in [-0.15, -0.1) is 11.3 Å². The van der Waals surface area contributed by atoms with Crippen LogP contribution in [0.4, 0.5) is 0 Å². The molecule has 0 saturated heterocycles. The average molecular weight is 734 g/mol. The number of fused-ring (bicyclic) bond motifs is 6. The molecule has 4 nitrogen and oxygen atoms in total. The summed E-state index contributed by atoms with van der Waals surface area (Å²) in [6.07, 6.45) is 0. The Bertz CT molecular complexity index is 3230. The molecule has 56 heavy (non-hydrogen) atoms. The Morgan fingerprint density at radius 2 is 0.750 bits per heavy atom. The number of furan rings is 1. The van der Waals surface area contributed by atoms with Gasteiger partial charge < -0.3 is 4.42 Å². The Kier molecular flexibility index (Phi) is 7.64. The van der Waals surface area contributed by atoms with Gasteiger partial charge >= 0.3 is 0 Å². The fourth-order valence-corrected chi connectivity index (χ4v) is 8.78. The van der Waals surface area contributed by atoms with Crippen molar-refractivity contribution < 1.29 is 4.42 Å². The Morgan fingerprint density at radius 1 is 0.286 bits per heavy atom. The molecule has 0 N–H and O–H groups in total. The van der Waals surface area contributed by atoms with E-state index in [-0.39, 0.29) is 0 Å². The fourth-order valence-electron chi connectivity index (χ4n) is 7.66. The molecule has 0 radical (unpaired) electrons. The Balaban J connectivity index is 0.961. The molecule has 0 aliphatic rings. The van der Waals surface area contributed by atoms with E-state index in [0.717, 1.165) is 49.8 Å². The highest BCUT2D eigenvalue weighted by Crippen LogP contribution is 2.40. The maximum absolute atomic E-state index is 6.48. The lowest BCUT2D eigenvalue weighted by Crippen LogP contribution is -2.00. The highest BCUT2D eigenvalue weighted by Gasteiger charge is 2.16. The number of rotatable bonds is 6. The molecule has 0 saturated carbocycles. The van der Waals surface area contributed by atoms with Crippen molar-refractivity contribution in [3.8, 4) is 67.5 Å². The Hall–Kier alpha value is -7.21. The lowest BCUT2D eigenvalue weighted by Gasteiger charge is -2.09. The minimum atomic E-state index is 0.594. The van der Waals surface area contributed by atoms with Gasteiger partial charge in [-0.25, -0.2) is 15.0 Å². The second-order valence-corrected chi connectivity index (χ2v) is 15.1. The van der Waals surface area contributed by atoms with Crippen LogP contribution in [0.5, 0.6) is 0 Å². The second kappa shape index (κ2) is 13.3. The summed E-state index contributed by atoms with van der Waals surface area (Å²) >= 11 is 1.85. The highest BCUT2D eigenvalue weighted by atomic mass is 32.1. The summed E-state index contributed by atoms with van der Waals surface area (Å²) in [4.78, 5) is 14.9. The summed E-state index contributed by atoms with van der Waals surface area (Å²) < 4.78 is 9.07. The first-order valence-electron chi connectivity index (χ1n) is 18.7. The van der Waals surface area contributed by atoms with Crippen LogP contribution in [0.1, 0.15) is 0 Å². The van der Waals surface area contributed by atoms with Gasteiger partial charge in [0.15, 0.2) is 17.5 Å². The third-order valence-corrected chi connectivity index (χ3v) is 11.7. The molecule has 0 aliphatic heterocycles. The van der Waals surface area contributed by atoms with E-state index in [1.54, 1.807) is 0 Å². The van der Waals surface area contributed by atoms with Crippen molar-refractivity contribution >= 4 is 53.4 Å². The zero-order valence-corrected chi connectivity index (χ0v) is 30.9. The highest BCUT2D eigenvalue weighted by molar-refractivity contribution is 7.25. The van der Waals surface area contributed by atoms with Crippen LogP contribution in [-0.2, 0) is 0 Å². The molecule has 0 fully saturated rings. The largest absolute Gasteiger partial charge is 0.456 e. The van der Waals surface area contributed by atoms with Crippen LogP contribution in [0, 0.1) is 0 Å². The van der Waals surface area contributed by atoms with Gasteiger partial charge in [-0.05, 0) is 75.8 Å². The van der Waals surface area contributed by atoms with Crippen molar-refractivity contribution in [2.45, 2.75) is 0 Å². The fraction of sp³-hybridized carbons (Fsp3) is 0. The molecule has 0 amide bonds. The van der Waals surface area contributed by atoms with E-state index in [1.807, 2.05) is 47.7 Å². The third kappa shape index (κ3) is 5.74. The first-order valence-corrected chi connectivity index (χ1v) is 19.5. The van der Waals surface area contributed by atoms with Crippen LogP contribution < -0.4 is 0 Å². The smallest absolute Gasteiger partial charge is 0.164 e. The predicted octanol–water partition coefficient (Wildman–Crippen LogP) is 14.1. The molecule has 0 spiro atoms. The van der Waals surface area contributed by atoms with Gasteiger partial charge in [0.1, 0.15) is 11.2 Å². The molecule has 0 bridgehead atoms. The summed E-state index contributed by atoms with van der Waals surface area (Å²) in [5.41, 5.74) is 11.5. The number of thiophene rings is 1. The number of hydrogen-bond acceptors (Lipinski definition) is 5. The molecule has 5 heteroatoms. The van der Waals surface area contributed by atoms with E-state index in [4.69, 9.17) is 19.4 Å². The third-order valence-electron chi connectivity index (χ3n) is 10.6. The van der Waals surface area contributed by atoms with E-state index in [2.05, 4.69) is 152 Å². The van der Waals surface area contributed by atoms with Crippen molar-refractivity contribution in [1.82, 2.24) is 15.0 Å². The van der Waals surface area contributed by atoms with Crippen LogP contribution in [0.15, 0.2) is 192 Å². The van der Waals surface area contributed by atoms with Gasteiger partial charge in [0.25, 0.3) is 0 Å². The van der Waals surface area contributed by atoms with Gasteiger partial charge in [0.05, 0.1) is 0 Å². The number of hydrogen-bond donors (Lipinski definition) is 0. The normalized spacial score (nSPS) is 11.6. The zero-order chi connectivity index (χ0) is 37.0. The minimum Gasteiger partial charge on any atom is -0.456 e. The first-order chi connectivity index (χ1) is 27.7. The standard InChI is InChI=1S/C51H31N3OS/c1-4-10-32(11-5-1)34-16-18-36(19-17-34)50-52-49(35-14-8-3-9-15-35)53-51(54-50)40-21-24-41-43-28-37(22-26-45(43)55-46(41)30-40)38-23-27-47-44(29-38)42-25-20-39(31-48(42)56-47)33-12-6-2-7-13-33/h1-31H. The van der Waals surface area contributed by atoms with E-state index in [1.165, 1.54) is 42.4 Å². The van der Waals surface area contributed by atoms with Crippen LogP contribution in [0.3, 0.4) is 0 Å². The van der Waals surface area contributed by atoms with E-state index in [9.17, 15) is 0 Å². The summed E-state index contributed by atoms with van der Waals surface area (Å²) in [7, 11) is 0. The van der Waals surface area contributed by atoms with Crippen LogP contribution in [-0.4, -0.2) is 15.0 Å². The minimum absolute atomic E-state index is 0.594. The van der Waals surface area contributed by atoms with Gasteiger partial charge in [-0.1, -0.05) is 146 Å². The van der Waals surface area contributed by atoms with Gasteiger partial charge in [-0.3, -0.25) is 0 Å². The van der Waals surface area contributed by atoms with Gasteiger partial charge in [0, 0.05) is 47.6 Å². The lowest BCUT2D eigenvalue weighted by molar-refractivity contribution is 0.669. The summed E-state index contributed by atoms with van der Waals surface area (Å²) in [6.45, 7) is 0. The quantitative estimate of drug-likeness (QED) is 0.171. The molecule has 8 aromatic carbocycles. The second-order valence-electron chi connectivity index (χ2n) is 14.0. The van der Waals surface area contributed by atoms with E-state index in [0.29, 0.717) is 17.5 Å². The molecular weight excluding hydrogens is 703 g/mol. The van der Waals surface area contributed by atoms with Crippen molar-refractivity contribution in [1.29, 1.82) is 0 Å². The Morgan fingerprint density at radius 3 is 1.45 bits per heavy atom.